The maximum absolute atomic E-state index is 13.3. The molecule has 1 heterocycles. The molecule has 0 aromatic heterocycles. The van der Waals surface area contributed by atoms with Gasteiger partial charge in [0.15, 0.2) is 0 Å². The van der Waals surface area contributed by atoms with Gasteiger partial charge in [0, 0.05) is 44.8 Å². The molecule has 1 aromatic carbocycles. The zero-order valence-electron chi connectivity index (χ0n) is 13.7. The van der Waals surface area contributed by atoms with Crippen LogP contribution in [-0.2, 0) is 6.54 Å². The molecule has 1 fully saturated rings. The molecule has 2 rings (SSSR count). The topological polar surface area (TPSA) is 18.5 Å². The fraction of sp³-hybridized carbons (Fsp3) is 0.647. The first-order chi connectivity index (χ1) is 9.88. The fourth-order valence-electron chi connectivity index (χ4n) is 2.86. The first-order valence-electron chi connectivity index (χ1n) is 7.78. The van der Waals surface area contributed by atoms with Crippen LogP contribution in [0.3, 0.4) is 0 Å². The number of hydrogen-bond acceptors (Lipinski definition) is 3. The quantitative estimate of drug-likeness (QED) is 0.898. The summed E-state index contributed by atoms with van der Waals surface area (Å²) in [5.74, 6) is -0.157. The lowest BCUT2D eigenvalue weighted by molar-refractivity contribution is 0.0618. The van der Waals surface area contributed by atoms with Crippen molar-refractivity contribution < 1.29 is 4.39 Å². The van der Waals surface area contributed by atoms with Gasteiger partial charge < -0.3 is 10.2 Å². The molecule has 21 heavy (non-hydrogen) atoms. The molecule has 0 amide bonds. The van der Waals surface area contributed by atoms with E-state index in [1.54, 1.807) is 6.07 Å². The number of halogens is 1. The van der Waals surface area contributed by atoms with Crippen LogP contribution in [0, 0.1) is 12.7 Å². The largest absolute Gasteiger partial charge is 0.311 e. The highest BCUT2D eigenvalue weighted by Crippen LogP contribution is 2.16. The SMILES string of the molecule is Cc1ccc(F)cc1CNCC(C)(C)N1CCN(C)CC1. The minimum atomic E-state index is -0.157. The monoisotopic (exact) mass is 293 g/mol. The van der Waals surface area contributed by atoms with Crippen LogP contribution in [0.2, 0.25) is 0 Å². The third-order valence-electron chi connectivity index (χ3n) is 4.54. The maximum atomic E-state index is 13.3. The van der Waals surface area contributed by atoms with Gasteiger partial charge in [0.1, 0.15) is 5.82 Å². The number of likely N-dealkylation sites (N-methyl/N-ethyl adjacent to an activating group) is 1. The molecule has 1 aliphatic rings. The minimum Gasteiger partial charge on any atom is -0.311 e. The Bertz CT molecular complexity index is 465. The molecule has 1 aliphatic heterocycles. The number of piperazine rings is 1. The van der Waals surface area contributed by atoms with E-state index in [-0.39, 0.29) is 11.4 Å². The molecule has 0 aliphatic carbocycles. The number of nitrogens with one attached hydrogen (secondary N) is 1. The van der Waals surface area contributed by atoms with Crippen molar-refractivity contribution in [1.82, 2.24) is 15.1 Å². The van der Waals surface area contributed by atoms with Gasteiger partial charge in [-0.1, -0.05) is 6.07 Å². The molecule has 0 bridgehead atoms. The Morgan fingerprint density at radius 3 is 2.52 bits per heavy atom. The van der Waals surface area contributed by atoms with Gasteiger partial charge >= 0.3 is 0 Å². The predicted molar refractivity (Wildman–Crippen MR) is 86.0 cm³/mol. The van der Waals surface area contributed by atoms with E-state index in [4.69, 9.17) is 0 Å². The summed E-state index contributed by atoms with van der Waals surface area (Å²) in [6.45, 7) is 12.7. The lowest BCUT2D eigenvalue weighted by Crippen LogP contribution is -2.57. The van der Waals surface area contributed by atoms with E-state index < -0.39 is 0 Å². The number of hydrogen-bond donors (Lipinski definition) is 1. The second kappa shape index (κ2) is 6.86. The van der Waals surface area contributed by atoms with E-state index in [2.05, 4.69) is 36.0 Å². The predicted octanol–water partition coefficient (Wildman–Crippen LogP) is 2.25. The van der Waals surface area contributed by atoms with E-state index >= 15 is 0 Å². The summed E-state index contributed by atoms with van der Waals surface area (Å²) in [6.07, 6.45) is 0. The van der Waals surface area contributed by atoms with Gasteiger partial charge in [-0.05, 0) is 51.1 Å². The van der Waals surface area contributed by atoms with E-state index in [1.807, 2.05) is 13.0 Å². The number of benzene rings is 1. The Hall–Kier alpha value is -0.970. The van der Waals surface area contributed by atoms with Crippen molar-refractivity contribution in [3.8, 4) is 0 Å². The average molecular weight is 293 g/mol. The Labute approximate surface area is 128 Å². The smallest absolute Gasteiger partial charge is 0.123 e. The molecular weight excluding hydrogens is 265 g/mol. The summed E-state index contributed by atoms with van der Waals surface area (Å²) in [5, 5.41) is 3.50. The molecule has 0 radical (unpaired) electrons. The lowest BCUT2D eigenvalue weighted by atomic mass is 10.0. The summed E-state index contributed by atoms with van der Waals surface area (Å²) in [5.41, 5.74) is 2.31. The van der Waals surface area contributed by atoms with Crippen LogP contribution in [0.25, 0.3) is 0 Å². The molecule has 3 nitrogen and oxygen atoms in total. The number of aryl methyl sites for hydroxylation is 1. The van der Waals surface area contributed by atoms with Gasteiger partial charge in [-0.3, -0.25) is 4.90 Å². The van der Waals surface area contributed by atoms with Crippen molar-refractivity contribution in [2.24, 2.45) is 0 Å². The Morgan fingerprint density at radius 1 is 1.19 bits per heavy atom. The molecule has 0 atom stereocenters. The zero-order chi connectivity index (χ0) is 15.5. The zero-order valence-corrected chi connectivity index (χ0v) is 13.7. The van der Waals surface area contributed by atoms with Gasteiger partial charge in [0.25, 0.3) is 0 Å². The van der Waals surface area contributed by atoms with Crippen molar-refractivity contribution in [3.63, 3.8) is 0 Å². The first-order valence-corrected chi connectivity index (χ1v) is 7.78. The van der Waals surface area contributed by atoms with Crippen LogP contribution in [0.5, 0.6) is 0 Å². The molecule has 0 spiro atoms. The van der Waals surface area contributed by atoms with Crippen LogP contribution >= 0.6 is 0 Å². The number of nitrogens with zero attached hydrogens (tertiary/aromatic N) is 2. The Balaban J connectivity index is 1.85. The molecule has 1 N–H and O–H groups in total. The standard InChI is InChI=1S/C17H28FN3/c1-14-5-6-16(18)11-15(14)12-19-13-17(2,3)21-9-7-20(4)8-10-21/h5-6,11,19H,7-10,12-13H2,1-4H3. The van der Waals surface area contributed by atoms with Gasteiger partial charge in [0.2, 0.25) is 0 Å². The van der Waals surface area contributed by atoms with Crippen LogP contribution in [0.15, 0.2) is 18.2 Å². The normalized spacial score (nSPS) is 18.1. The van der Waals surface area contributed by atoms with Gasteiger partial charge in [-0.25, -0.2) is 4.39 Å². The second-order valence-electron chi connectivity index (χ2n) is 6.78. The fourth-order valence-corrected chi connectivity index (χ4v) is 2.86. The molecule has 1 aromatic rings. The lowest BCUT2D eigenvalue weighted by Gasteiger charge is -2.43. The van der Waals surface area contributed by atoms with Crippen molar-refractivity contribution in [2.75, 3.05) is 39.8 Å². The van der Waals surface area contributed by atoms with Crippen LogP contribution < -0.4 is 5.32 Å². The molecule has 0 saturated carbocycles. The summed E-state index contributed by atoms with van der Waals surface area (Å²) in [4.78, 5) is 4.91. The van der Waals surface area contributed by atoms with Crippen LogP contribution in [-0.4, -0.2) is 55.1 Å². The van der Waals surface area contributed by atoms with Crippen LogP contribution in [0.4, 0.5) is 4.39 Å². The summed E-state index contributed by atoms with van der Waals surface area (Å²) in [6, 6.07) is 5.00. The Kier molecular flexibility index (Phi) is 5.36. The number of rotatable bonds is 5. The average Bonchev–Trinajstić information content (AvgIpc) is 2.43. The molecule has 0 unspecified atom stereocenters. The second-order valence-corrected chi connectivity index (χ2v) is 6.78. The highest BCUT2D eigenvalue weighted by molar-refractivity contribution is 5.26. The van der Waals surface area contributed by atoms with Crippen molar-refractivity contribution in [1.29, 1.82) is 0 Å². The maximum Gasteiger partial charge on any atom is 0.123 e. The van der Waals surface area contributed by atoms with Crippen molar-refractivity contribution in [2.45, 2.75) is 32.9 Å². The third kappa shape index (κ3) is 4.50. The highest BCUT2D eigenvalue weighted by Gasteiger charge is 2.28. The van der Waals surface area contributed by atoms with Crippen molar-refractivity contribution >= 4 is 0 Å². The van der Waals surface area contributed by atoms with E-state index in [1.165, 1.54) is 6.07 Å². The van der Waals surface area contributed by atoms with E-state index in [0.717, 1.165) is 50.4 Å². The van der Waals surface area contributed by atoms with E-state index in [0.29, 0.717) is 0 Å². The van der Waals surface area contributed by atoms with Gasteiger partial charge in [0.05, 0.1) is 0 Å². The molecule has 4 heteroatoms. The highest BCUT2D eigenvalue weighted by atomic mass is 19.1. The first kappa shape index (κ1) is 16.4. The summed E-state index contributed by atoms with van der Waals surface area (Å²) in [7, 11) is 2.18. The Morgan fingerprint density at radius 2 is 1.86 bits per heavy atom. The third-order valence-corrected chi connectivity index (χ3v) is 4.54. The summed E-state index contributed by atoms with van der Waals surface area (Å²) >= 11 is 0. The molecule has 1 saturated heterocycles. The van der Waals surface area contributed by atoms with Crippen molar-refractivity contribution in [3.05, 3.63) is 35.1 Å². The van der Waals surface area contributed by atoms with Gasteiger partial charge in [-0.15, -0.1) is 0 Å². The van der Waals surface area contributed by atoms with E-state index in [9.17, 15) is 4.39 Å². The summed E-state index contributed by atoms with van der Waals surface area (Å²) < 4.78 is 13.3. The van der Waals surface area contributed by atoms with Crippen LogP contribution in [0.1, 0.15) is 25.0 Å². The molecular formula is C17H28FN3. The molecule has 118 valence electrons. The minimum absolute atomic E-state index is 0.127. The van der Waals surface area contributed by atoms with Gasteiger partial charge in [-0.2, -0.15) is 0 Å².